The summed E-state index contributed by atoms with van der Waals surface area (Å²) < 4.78 is 0.773. The first kappa shape index (κ1) is 14.9. The molecule has 108 valence electrons. The molecule has 0 aliphatic carbocycles. The molecule has 2 aliphatic rings. The van der Waals surface area contributed by atoms with E-state index in [9.17, 15) is 4.79 Å². The molecule has 0 spiro atoms. The van der Waals surface area contributed by atoms with Crippen molar-refractivity contribution < 1.29 is 4.79 Å². The molecule has 0 amide bonds. The summed E-state index contributed by atoms with van der Waals surface area (Å²) in [6.07, 6.45) is 2.41. The molecule has 2 aliphatic heterocycles. The zero-order valence-corrected chi connectivity index (χ0v) is 14.1. The number of para-hydroxylation sites is 1. The molecule has 0 radical (unpaired) electrons. The molecule has 0 saturated carbocycles. The van der Waals surface area contributed by atoms with Crippen LogP contribution in [0.3, 0.4) is 0 Å². The maximum atomic E-state index is 12.7. The number of Topliss-reactive ketones (excluding diaryl/α,β-unsaturated/α-hetero) is 1. The molecule has 2 heterocycles. The van der Waals surface area contributed by atoms with Gasteiger partial charge in [0.25, 0.3) is 0 Å². The highest BCUT2D eigenvalue weighted by molar-refractivity contribution is 8.27. The van der Waals surface area contributed by atoms with Crippen molar-refractivity contribution in [1.82, 2.24) is 0 Å². The van der Waals surface area contributed by atoms with Gasteiger partial charge in [-0.25, -0.2) is 0 Å². The van der Waals surface area contributed by atoms with Crippen molar-refractivity contribution in [3.8, 4) is 0 Å². The lowest BCUT2D eigenvalue weighted by molar-refractivity contribution is -0.116. The van der Waals surface area contributed by atoms with Gasteiger partial charge in [-0.1, -0.05) is 54.0 Å². The molecule has 0 unspecified atom stereocenters. The predicted molar refractivity (Wildman–Crippen MR) is 95.8 cm³/mol. The number of carbonyl (C=O) groups is 1. The van der Waals surface area contributed by atoms with Gasteiger partial charge >= 0.3 is 0 Å². The van der Waals surface area contributed by atoms with Gasteiger partial charge in [0.2, 0.25) is 0 Å². The van der Waals surface area contributed by atoms with Crippen LogP contribution in [0.5, 0.6) is 0 Å². The minimum absolute atomic E-state index is 0.152. The summed E-state index contributed by atoms with van der Waals surface area (Å²) in [6, 6.07) is 8.26. The van der Waals surface area contributed by atoms with Crippen LogP contribution in [0, 0.1) is 5.92 Å². The SMILES string of the molecule is C=CC[C@@H]1C(=O)/C(=C2/Sc3ccccc3N2CC)SC1=S. The number of carbonyl (C=O) groups excluding carboxylic acids is 1. The monoisotopic (exact) mass is 333 g/mol. The number of thioether (sulfide) groups is 2. The van der Waals surface area contributed by atoms with Crippen LogP contribution in [0.25, 0.3) is 0 Å². The molecule has 0 N–H and O–H groups in total. The quantitative estimate of drug-likeness (QED) is 0.455. The van der Waals surface area contributed by atoms with E-state index < -0.39 is 0 Å². The van der Waals surface area contributed by atoms with E-state index in [2.05, 4.69) is 30.5 Å². The second kappa shape index (κ2) is 5.99. The van der Waals surface area contributed by atoms with Gasteiger partial charge in [0, 0.05) is 11.4 Å². The predicted octanol–water partition coefficient (Wildman–Crippen LogP) is 4.62. The van der Waals surface area contributed by atoms with Crippen LogP contribution >= 0.6 is 35.7 Å². The Morgan fingerprint density at radius 2 is 2.14 bits per heavy atom. The highest BCUT2D eigenvalue weighted by atomic mass is 32.2. The zero-order chi connectivity index (χ0) is 15.0. The van der Waals surface area contributed by atoms with E-state index in [-0.39, 0.29) is 11.7 Å². The summed E-state index contributed by atoms with van der Waals surface area (Å²) in [5.41, 5.74) is 1.18. The van der Waals surface area contributed by atoms with Crippen LogP contribution in [0.2, 0.25) is 0 Å². The number of thiocarbonyl (C=S) groups is 1. The van der Waals surface area contributed by atoms with E-state index in [4.69, 9.17) is 12.2 Å². The zero-order valence-electron chi connectivity index (χ0n) is 11.7. The fraction of sp³-hybridized carbons (Fsp3) is 0.250. The summed E-state index contributed by atoms with van der Waals surface area (Å²) in [5, 5.41) is 1.03. The maximum Gasteiger partial charge on any atom is 0.181 e. The second-order valence-corrected chi connectivity index (χ2v) is 7.59. The number of benzene rings is 1. The van der Waals surface area contributed by atoms with Gasteiger partial charge in [0.05, 0.1) is 25.7 Å². The van der Waals surface area contributed by atoms with Crippen LogP contribution < -0.4 is 4.90 Å². The number of nitrogens with zero attached hydrogens (tertiary/aromatic N) is 1. The Morgan fingerprint density at radius 1 is 1.38 bits per heavy atom. The van der Waals surface area contributed by atoms with Crippen molar-refractivity contribution in [2.24, 2.45) is 5.92 Å². The van der Waals surface area contributed by atoms with Crippen molar-refractivity contribution in [1.29, 1.82) is 0 Å². The third-order valence-electron chi connectivity index (χ3n) is 3.55. The normalized spacial score (nSPS) is 24.6. The minimum Gasteiger partial charge on any atom is -0.334 e. The van der Waals surface area contributed by atoms with Gasteiger partial charge in [-0.3, -0.25) is 4.79 Å². The van der Waals surface area contributed by atoms with Crippen LogP contribution in [-0.4, -0.2) is 16.5 Å². The Bertz CT molecular complexity index is 665. The Kier molecular flexibility index (Phi) is 4.24. The van der Waals surface area contributed by atoms with Gasteiger partial charge in [-0.15, -0.1) is 6.58 Å². The van der Waals surface area contributed by atoms with Crippen LogP contribution in [0.15, 0.2) is 51.8 Å². The number of allylic oxidation sites excluding steroid dienone is 2. The first-order chi connectivity index (χ1) is 10.2. The molecule has 1 aromatic carbocycles. The molecule has 1 atom stereocenters. The van der Waals surface area contributed by atoms with Crippen LogP contribution in [0.1, 0.15) is 13.3 Å². The van der Waals surface area contributed by atoms with Crippen molar-refractivity contribution >= 4 is 51.4 Å². The lowest BCUT2D eigenvalue weighted by Gasteiger charge is -2.19. The average Bonchev–Trinajstić information content (AvgIpc) is 2.99. The van der Waals surface area contributed by atoms with Crippen molar-refractivity contribution in [3.05, 3.63) is 46.9 Å². The Hall–Kier alpha value is -1.04. The second-order valence-electron chi connectivity index (χ2n) is 4.81. The molecular weight excluding hydrogens is 318 g/mol. The first-order valence-corrected chi connectivity index (χ1v) is 8.87. The van der Waals surface area contributed by atoms with Crippen molar-refractivity contribution in [3.63, 3.8) is 0 Å². The summed E-state index contributed by atoms with van der Waals surface area (Å²) in [5.74, 6) is -0.0355. The average molecular weight is 334 g/mol. The van der Waals surface area contributed by atoms with Gasteiger partial charge in [-0.2, -0.15) is 0 Å². The fourth-order valence-electron chi connectivity index (χ4n) is 2.52. The number of hydrogen-bond acceptors (Lipinski definition) is 5. The highest BCUT2D eigenvalue weighted by Gasteiger charge is 2.39. The smallest absolute Gasteiger partial charge is 0.181 e. The van der Waals surface area contributed by atoms with Crippen LogP contribution in [-0.2, 0) is 4.79 Å². The molecule has 3 rings (SSSR count). The first-order valence-electron chi connectivity index (χ1n) is 6.82. The van der Waals surface area contributed by atoms with E-state index in [0.29, 0.717) is 6.42 Å². The lowest BCUT2D eigenvalue weighted by atomic mass is 10.0. The van der Waals surface area contributed by atoms with Gasteiger partial charge in [0.15, 0.2) is 5.78 Å². The third kappa shape index (κ3) is 2.47. The Labute approximate surface area is 138 Å². The van der Waals surface area contributed by atoms with E-state index >= 15 is 0 Å². The minimum atomic E-state index is -0.187. The van der Waals surface area contributed by atoms with E-state index in [0.717, 1.165) is 20.7 Å². The molecule has 1 aromatic rings. The highest BCUT2D eigenvalue weighted by Crippen LogP contribution is 2.51. The molecule has 5 heteroatoms. The molecule has 21 heavy (non-hydrogen) atoms. The number of anilines is 1. The maximum absolute atomic E-state index is 12.7. The molecule has 0 bridgehead atoms. The van der Waals surface area contributed by atoms with E-state index in [1.54, 1.807) is 17.8 Å². The summed E-state index contributed by atoms with van der Waals surface area (Å²) >= 11 is 8.52. The molecule has 1 saturated heterocycles. The third-order valence-corrected chi connectivity index (χ3v) is 6.48. The Balaban J connectivity index is 2.03. The number of fused-ring (bicyclic) bond motifs is 1. The van der Waals surface area contributed by atoms with Gasteiger partial charge < -0.3 is 4.90 Å². The van der Waals surface area contributed by atoms with Gasteiger partial charge in [0.1, 0.15) is 0 Å². The molecule has 0 aromatic heterocycles. The fourth-order valence-corrected chi connectivity index (χ4v) is 5.38. The van der Waals surface area contributed by atoms with Crippen molar-refractivity contribution in [2.45, 2.75) is 18.2 Å². The topological polar surface area (TPSA) is 20.3 Å². The number of hydrogen-bond donors (Lipinski definition) is 0. The molecular formula is C16H15NOS3. The van der Waals surface area contributed by atoms with E-state index in [1.165, 1.54) is 22.3 Å². The van der Waals surface area contributed by atoms with Crippen LogP contribution in [0.4, 0.5) is 5.69 Å². The standard InChI is InChI=1S/C16H15NOS3/c1-3-7-10-13(18)14(21-16(10)19)15-17(4-2)11-8-5-6-9-12(11)20-15/h3,5-6,8-10H,1,4,7H2,2H3/b15-14-/t10-/m1/s1. The van der Waals surface area contributed by atoms with Gasteiger partial charge in [-0.05, 0) is 25.5 Å². The lowest BCUT2D eigenvalue weighted by Crippen LogP contribution is -2.20. The molecule has 1 fully saturated rings. The Morgan fingerprint density at radius 3 is 2.86 bits per heavy atom. The summed E-state index contributed by atoms with van der Waals surface area (Å²) in [7, 11) is 0. The van der Waals surface area contributed by atoms with E-state index in [1.807, 2.05) is 12.1 Å². The summed E-state index contributed by atoms with van der Waals surface area (Å²) in [4.78, 5) is 16.9. The number of rotatable bonds is 3. The largest absolute Gasteiger partial charge is 0.334 e. The summed E-state index contributed by atoms with van der Waals surface area (Å²) in [6.45, 7) is 6.67. The number of ketones is 1. The molecule has 2 nitrogen and oxygen atoms in total. The van der Waals surface area contributed by atoms with Crippen molar-refractivity contribution in [2.75, 3.05) is 11.4 Å².